The normalized spacial score (nSPS) is 12.9. The summed E-state index contributed by atoms with van der Waals surface area (Å²) in [6.07, 6.45) is 0. The molecule has 0 amide bonds. The van der Waals surface area contributed by atoms with Crippen molar-refractivity contribution >= 4 is 49.8 Å². The molecule has 11 aromatic carbocycles. The van der Waals surface area contributed by atoms with Crippen molar-refractivity contribution in [3.63, 3.8) is 0 Å². The zero-order valence-corrected chi connectivity index (χ0v) is 36.5. The van der Waals surface area contributed by atoms with Crippen molar-refractivity contribution in [3.05, 3.63) is 271 Å². The van der Waals surface area contributed by atoms with E-state index < -0.39 is 0 Å². The Morgan fingerprint density at radius 3 is 1.48 bits per heavy atom. The van der Waals surface area contributed by atoms with Crippen LogP contribution in [0.4, 0.5) is 17.1 Å². The fourth-order valence-electron chi connectivity index (χ4n) is 11.6. The Bertz CT molecular complexity index is 3860. The Labute approximate surface area is 389 Å². The molecule has 2 nitrogen and oxygen atoms in total. The first-order valence-electron chi connectivity index (χ1n) is 23.2. The molecule has 0 saturated carbocycles. The summed E-state index contributed by atoms with van der Waals surface area (Å²) < 4.78 is 6.88. The Balaban J connectivity index is 0.896. The number of hydrogen-bond acceptors (Lipinski definition) is 2. The van der Waals surface area contributed by atoms with Crippen LogP contribution in [0, 0.1) is 0 Å². The van der Waals surface area contributed by atoms with E-state index in [1.54, 1.807) is 0 Å². The maximum Gasteiger partial charge on any atom is 0.143 e. The average Bonchev–Trinajstić information content (AvgIpc) is 4.04. The molecule has 0 unspecified atom stereocenters. The van der Waals surface area contributed by atoms with Gasteiger partial charge in [-0.25, -0.2) is 0 Å². The van der Waals surface area contributed by atoms with E-state index in [4.69, 9.17) is 4.42 Å². The molecule has 67 heavy (non-hydrogen) atoms. The van der Waals surface area contributed by atoms with Gasteiger partial charge < -0.3 is 9.32 Å². The highest BCUT2D eigenvalue weighted by atomic mass is 16.3. The van der Waals surface area contributed by atoms with Crippen molar-refractivity contribution < 1.29 is 4.42 Å². The fraction of sp³-hybridized carbons (Fsp3) is 0.0154. The minimum absolute atomic E-state index is 0.344. The molecule has 0 saturated heterocycles. The smallest absolute Gasteiger partial charge is 0.143 e. The Morgan fingerprint density at radius 2 is 0.791 bits per heavy atom. The predicted octanol–water partition coefficient (Wildman–Crippen LogP) is 17.6. The third-order valence-corrected chi connectivity index (χ3v) is 14.5. The molecular formula is C65H41NO. The zero-order valence-electron chi connectivity index (χ0n) is 36.5. The third kappa shape index (κ3) is 5.51. The van der Waals surface area contributed by atoms with Crippen LogP contribution in [0.25, 0.3) is 88.3 Å². The van der Waals surface area contributed by atoms with Crippen LogP contribution in [0.2, 0.25) is 0 Å². The first-order chi connectivity index (χ1) is 33.2. The summed E-state index contributed by atoms with van der Waals surface area (Å²) in [7, 11) is 0. The number of benzene rings is 11. The van der Waals surface area contributed by atoms with E-state index in [9.17, 15) is 0 Å². The monoisotopic (exact) mass is 851 g/mol. The van der Waals surface area contributed by atoms with Crippen molar-refractivity contribution in [2.45, 2.75) is 5.41 Å². The molecule has 0 aliphatic heterocycles. The second-order valence-electron chi connectivity index (χ2n) is 17.9. The number of para-hydroxylation sites is 1. The van der Waals surface area contributed by atoms with Gasteiger partial charge in [0.2, 0.25) is 0 Å². The summed E-state index contributed by atoms with van der Waals surface area (Å²) in [5, 5.41) is 4.43. The molecule has 2 aliphatic rings. The highest BCUT2D eigenvalue weighted by Gasteiger charge is 2.51. The van der Waals surface area contributed by atoms with E-state index >= 15 is 0 Å². The van der Waals surface area contributed by atoms with Gasteiger partial charge in [-0.2, -0.15) is 0 Å². The van der Waals surface area contributed by atoms with Crippen LogP contribution in [0.3, 0.4) is 0 Å². The minimum atomic E-state index is -0.344. The lowest BCUT2D eigenvalue weighted by atomic mass is 9.70. The van der Waals surface area contributed by atoms with Crippen molar-refractivity contribution in [2.75, 3.05) is 4.90 Å². The highest BCUT2D eigenvalue weighted by Crippen LogP contribution is 2.63. The standard InChI is InChI=1S/C65H41NO/c1-3-16-42(17-4-1)43-34-37-48(38-35-43)66(47-18-5-2-6-19-47)61-28-15-29-62-63(61)56-41-54(49-20-7-8-24-53(49)64(56)67-62)45-32-30-44(31-33-45)46-36-39-60-55(40-46)52-23-11-14-27-59(52)65(60)57-25-12-9-21-50(57)51-22-10-13-26-58(51)65/h1-41H. The van der Waals surface area contributed by atoms with Gasteiger partial charge in [0.25, 0.3) is 0 Å². The van der Waals surface area contributed by atoms with Crippen molar-refractivity contribution in [2.24, 2.45) is 0 Å². The van der Waals surface area contributed by atoms with E-state index in [0.29, 0.717) is 0 Å². The third-order valence-electron chi connectivity index (χ3n) is 14.5. The summed E-state index contributed by atoms with van der Waals surface area (Å²) in [5.74, 6) is 0. The van der Waals surface area contributed by atoms with Gasteiger partial charge in [0.05, 0.1) is 16.5 Å². The van der Waals surface area contributed by atoms with Crippen LogP contribution < -0.4 is 4.90 Å². The fourth-order valence-corrected chi connectivity index (χ4v) is 11.6. The number of nitrogens with zero attached hydrogens (tertiary/aromatic N) is 1. The number of fused-ring (bicyclic) bond motifs is 15. The summed E-state index contributed by atoms with van der Waals surface area (Å²) in [6.45, 7) is 0. The zero-order chi connectivity index (χ0) is 44.1. The molecule has 0 N–H and O–H groups in total. The van der Waals surface area contributed by atoms with Crippen LogP contribution in [-0.4, -0.2) is 0 Å². The van der Waals surface area contributed by atoms with E-state index in [1.165, 1.54) is 72.3 Å². The summed E-state index contributed by atoms with van der Waals surface area (Å²) in [4.78, 5) is 2.36. The first kappa shape index (κ1) is 37.6. The van der Waals surface area contributed by atoms with Crippen molar-refractivity contribution in [3.8, 4) is 55.6 Å². The van der Waals surface area contributed by atoms with E-state index in [-0.39, 0.29) is 5.41 Å². The lowest BCUT2D eigenvalue weighted by Crippen LogP contribution is -2.25. The second-order valence-corrected chi connectivity index (χ2v) is 17.9. The van der Waals surface area contributed by atoms with Crippen LogP contribution in [0.5, 0.6) is 0 Å². The number of anilines is 3. The number of rotatable bonds is 6. The number of hydrogen-bond donors (Lipinski definition) is 0. The molecule has 1 spiro atoms. The van der Waals surface area contributed by atoms with Gasteiger partial charge in [-0.15, -0.1) is 0 Å². The van der Waals surface area contributed by atoms with Gasteiger partial charge >= 0.3 is 0 Å². The van der Waals surface area contributed by atoms with Crippen LogP contribution >= 0.6 is 0 Å². The van der Waals surface area contributed by atoms with E-state index in [2.05, 4.69) is 254 Å². The molecule has 2 heteroatoms. The SMILES string of the molecule is c1ccc(-c2ccc(N(c3ccccc3)c3cccc4oc5c6ccccc6c(-c6ccc(-c7ccc8c(c7)-c7ccccc7C87c8ccccc8-c8ccccc87)cc6)cc5c34)cc2)cc1. The maximum absolute atomic E-state index is 6.88. The van der Waals surface area contributed by atoms with Gasteiger partial charge in [0, 0.05) is 22.1 Å². The number of furan rings is 1. The van der Waals surface area contributed by atoms with Crippen molar-refractivity contribution in [1.82, 2.24) is 0 Å². The molecule has 0 fully saturated rings. The van der Waals surface area contributed by atoms with E-state index in [0.717, 1.165) is 55.3 Å². The molecule has 0 radical (unpaired) electrons. The average molecular weight is 852 g/mol. The van der Waals surface area contributed by atoms with Crippen LogP contribution in [0.15, 0.2) is 253 Å². The molecule has 14 rings (SSSR count). The summed E-state index contributed by atoms with van der Waals surface area (Å²) in [6, 6.07) is 90.9. The van der Waals surface area contributed by atoms with Gasteiger partial charge in [-0.3, -0.25) is 0 Å². The molecule has 2 aliphatic carbocycles. The van der Waals surface area contributed by atoms with Crippen LogP contribution in [0.1, 0.15) is 22.3 Å². The van der Waals surface area contributed by atoms with Crippen molar-refractivity contribution in [1.29, 1.82) is 0 Å². The van der Waals surface area contributed by atoms with Gasteiger partial charge in [-0.05, 0) is 132 Å². The lowest BCUT2D eigenvalue weighted by Gasteiger charge is -2.30. The van der Waals surface area contributed by atoms with Crippen LogP contribution in [-0.2, 0) is 5.41 Å². The summed E-state index contributed by atoms with van der Waals surface area (Å²) in [5.41, 5.74) is 22.5. The summed E-state index contributed by atoms with van der Waals surface area (Å²) >= 11 is 0. The Hall–Kier alpha value is -8.72. The molecular weight excluding hydrogens is 811 g/mol. The molecule has 1 aromatic heterocycles. The maximum atomic E-state index is 6.88. The Kier molecular flexibility index (Phi) is 8.23. The molecule has 12 aromatic rings. The molecule has 0 bridgehead atoms. The lowest BCUT2D eigenvalue weighted by molar-refractivity contribution is 0.672. The Morgan fingerprint density at radius 1 is 0.299 bits per heavy atom. The van der Waals surface area contributed by atoms with Gasteiger partial charge in [0.1, 0.15) is 11.2 Å². The van der Waals surface area contributed by atoms with Gasteiger partial charge in [-0.1, -0.05) is 200 Å². The molecule has 1 heterocycles. The quantitative estimate of drug-likeness (QED) is 0.166. The first-order valence-corrected chi connectivity index (χ1v) is 23.2. The largest absolute Gasteiger partial charge is 0.455 e. The van der Waals surface area contributed by atoms with E-state index in [1.807, 2.05) is 0 Å². The minimum Gasteiger partial charge on any atom is -0.455 e. The molecule has 0 atom stereocenters. The topological polar surface area (TPSA) is 16.4 Å². The van der Waals surface area contributed by atoms with Gasteiger partial charge in [0.15, 0.2) is 0 Å². The molecule has 312 valence electrons. The predicted molar refractivity (Wildman–Crippen MR) is 279 cm³/mol. The second kappa shape index (κ2) is 14.7. The highest BCUT2D eigenvalue weighted by molar-refractivity contribution is 6.22.